The number of benzene rings is 1. The number of amides is 1. The molecule has 2 aromatic rings. The minimum absolute atomic E-state index is 0.245. The van der Waals surface area contributed by atoms with Gasteiger partial charge in [-0.2, -0.15) is 0 Å². The number of nitrogens with two attached hydrogens (primary N) is 1. The second kappa shape index (κ2) is 5.14. The van der Waals surface area contributed by atoms with Crippen LogP contribution in [0.5, 0.6) is 0 Å². The van der Waals surface area contributed by atoms with Crippen molar-refractivity contribution in [2.45, 2.75) is 13.5 Å². The number of aromatic nitrogens is 1. The molecule has 0 radical (unpaired) electrons. The van der Waals surface area contributed by atoms with Crippen LogP contribution in [0.3, 0.4) is 0 Å². The molecule has 0 aliphatic carbocycles. The molecule has 0 unspecified atom stereocenters. The Bertz CT molecular complexity index is 606. The van der Waals surface area contributed by atoms with Crippen LogP contribution in [0, 0.1) is 5.82 Å². The Morgan fingerprint density at radius 3 is 2.74 bits per heavy atom. The lowest BCUT2D eigenvalue weighted by molar-refractivity contribution is 0.0983. The molecule has 1 aromatic carbocycles. The third-order valence-corrected chi connectivity index (χ3v) is 3.00. The Hall–Kier alpha value is -2.30. The molecule has 0 saturated heterocycles. The third-order valence-electron chi connectivity index (χ3n) is 3.00. The van der Waals surface area contributed by atoms with Crippen LogP contribution < -0.4 is 10.6 Å². The van der Waals surface area contributed by atoms with Crippen LogP contribution in [-0.2, 0) is 6.54 Å². The summed E-state index contributed by atoms with van der Waals surface area (Å²) < 4.78 is 15.4. The summed E-state index contributed by atoms with van der Waals surface area (Å²) in [7, 11) is 1.55. The van der Waals surface area contributed by atoms with E-state index in [9.17, 15) is 9.18 Å². The number of halogens is 1. The lowest BCUT2D eigenvalue weighted by atomic mass is 10.2. The number of carbonyl (C=O) groups excluding carboxylic acids is 1. The van der Waals surface area contributed by atoms with E-state index in [0.717, 1.165) is 0 Å². The SMILES string of the molecule is CCn1cc(N)cc1C(=O)N(C)c1ccccc1F. The van der Waals surface area contributed by atoms with Gasteiger partial charge in [0.15, 0.2) is 0 Å². The van der Waals surface area contributed by atoms with E-state index in [2.05, 4.69) is 0 Å². The summed E-state index contributed by atoms with van der Waals surface area (Å²) in [4.78, 5) is 13.7. The van der Waals surface area contributed by atoms with Gasteiger partial charge in [-0.15, -0.1) is 0 Å². The monoisotopic (exact) mass is 261 g/mol. The molecule has 0 saturated carbocycles. The first-order valence-electron chi connectivity index (χ1n) is 6.02. The lowest BCUT2D eigenvalue weighted by Gasteiger charge is -2.18. The van der Waals surface area contributed by atoms with E-state index in [1.54, 1.807) is 42.1 Å². The van der Waals surface area contributed by atoms with E-state index < -0.39 is 5.82 Å². The molecule has 2 N–H and O–H groups in total. The highest BCUT2D eigenvalue weighted by molar-refractivity contribution is 6.05. The molecule has 1 aromatic heterocycles. The average Bonchev–Trinajstić information content (AvgIpc) is 2.79. The first-order valence-corrected chi connectivity index (χ1v) is 6.02. The Kier molecular flexibility index (Phi) is 3.55. The molecule has 0 aliphatic heterocycles. The van der Waals surface area contributed by atoms with Crippen LogP contribution in [0.1, 0.15) is 17.4 Å². The summed E-state index contributed by atoms with van der Waals surface area (Å²) in [5.74, 6) is -0.718. The largest absolute Gasteiger partial charge is 0.397 e. The van der Waals surface area contributed by atoms with Crippen molar-refractivity contribution in [3.63, 3.8) is 0 Å². The van der Waals surface area contributed by atoms with Crippen molar-refractivity contribution in [3.05, 3.63) is 48.0 Å². The molecule has 0 spiro atoms. The van der Waals surface area contributed by atoms with E-state index >= 15 is 0 Å². The lowest BCUT2D eigenvalue weighted by Crippen LogP contribution is -2.29. The van der Waals surface area contributed by atoms with Gasteiger partial charge in [0.25, 0.3) is 5.91 Å². The van der Waals surface area contributed by atoms with Gasteiger partial charge < -0.3 is 15.2 Å². The summed E-state index contributed by atoms with van der Waals surface area (Å²) in [5.41, 5.74) is 6.91. The van der Waals surface area contributed by atoms with Crippen molar-refractivity contribution in [2.24, 2.45) is 0 Å². The van der Waals surface area contributed by atoms with Gasteiger partial charge in [-0.25, -0.2) is 4.39 Å². The van der Waals surface area contributed by atoms with Gasteiger partial charge in [0, 0.05) is 19.8 Å². The molecule has 4 nitrogen and oxygen atoms in total. The first-order chi connectivity index (χ1) is 9.04. The van der Waals surface area contributed by atoms with Crippen LogP contribution in [0.25, 0.3) is 0 Å². The molecule has 5 heteroatoms. The van der Waals surface area contributed by atoms with Gasteiger partial charge in [-0.1, -0.05) is 12.1 Å². The highest BCUT2D eigenvalue weighted by Gasteiger charge is 2.19. The first kappa shape index (κ1) is 13.1. The summed E-state index contributed by atoms with van der Waals surface area (Å²) >= 11 is 0. The number of rotatable bonds is 3. The van der Waals surface area contributed by atoms with Crippen LogP contribution in [0.4, 0.5) is 15.8 Å². The van der Waals surface area contributed by atoms with E-state index in [0.29, 0.717) is 17.9 Å². The highest BCUT2D eigenvalue weighted by Crippen LogP contribution is 2.20. The number of anilines is 2. The molecule has 2 rings (SSSR count). The van der Waals surface area contributed by atoms with Gasteiger partial charge in [-0.3, -0.25) is 4.79 Å². The van der Waals surface area contributed by atoms with Gasteiger partial charge in [0.05, 0.1) is 11.4 Å². The third kappa shape index (κ3) is 2.45. The quantitative estimate of drug-likeness (QED) is 0.923. The predicted molar refractivity (Wildman–Crippen MR) is 73.7 cm³/mol. The normalized spacial score (nSPS) is 10.5. The summed E-state index contributed by atoms with van der Waals surface area (Å²) in [6.45, 7) is 2.54. The summed E-state index contributed by atoms with van der Waals surface area (Å²) in [6, 6.07) is 7.77. The zero-order chi connectivity index (χ0) is 14.0. The van der Waals surface area contributed by atoms with Gasteiger partial charge in [0.1, 0.15) is 11.5 Å². The molecule has 1 amide bonds. The standard InChI is InChI=1S/C14H16FN3O/c1-3-18-9-10(16)8-13(18)14(19)17(2)12-7-5-4-6-11(12)15/h4-9H,3,16H2,1-2H3. The smallest absolute Gasteiger partial charge is 0.274 e. The number of para-hydroxylation sites is 1. The molecule has 0 aliphatic rings. The minimum atomic E-state index is -0.430. The Morgan fingerprint density at radius 2 is 2.11 bits per heavy atom. The van der Waals surface area contributed by atoms with E-state index in [-0.39, 0.29) is 11.6 Å². The maximum Gasteiger partial charge on any atom is 0.274 e. The van der Waals surface area contributed by atoms with E-state index in [1.807, 2.05) is 6.92 Å². The fraction of sp³-hybridized carbons (Fsp3) is 0.214. The number of aryl methyl sites for hydroxylation is 1. The number of nitrogen functional groups attached to an aromatic ring is 1. The Morgan fingerprint density at radius 1 is 1.42 bits per heavy atom. The molecule has 1 heterocycles. The van der Waals surface area contributed by atoms with E-state index in [4.69, 9.17) is 5.73 Å². The number of hydrogen-bond donors (Lipinski definition) is 1. The maximum absolute atomic E-state index is 13.7. The van der Waals surface area contributed by atoms with Gasteiger partial charge in [-0.05, 0) is 25.1 Å². The molecule has 19 heavy (non-hydrogen) atoms. The Labute approximate surface area is 111 Å². The zero-order valence-corrected chi connectivity index (χ0v) is 10.9. The topological polar surface area (TPSA) is 51.3 Å². The van der Waals surface area contributed by atoms with Gasteiger partial charge in [0.2, 0.25) is 0 Å². The number of carbonyl (C=O) groups is 1. The van der Waals surface area contributed by atoms with Crippen molar-refractivity contribution in [3.8, 4) is 0 Å². The van der Waals surface area contributed by atoms with Gasteiger partial charge >= 0.3 is 0 Å². The van der Waals surface area contributed by atoms with Crippen molar-refractivity contribution in [1.29, 1.82) is 0 Å². The molecular formula is C14H16FN3O. The van der Waals surface area contributed by atoms with Crippen molar-refractivity contribution in [2.75, 3.05) is 17.7 Å². The minimum Gasteiger partial charge on any atom is -0.397 e. The molecular weight excluding hydrogens is 245 g/mol. The number of nitrogens with zero attached hydrogens (tertiary/aromatic N) is 2. The summed E-state index contributed by atoms with van der Waals surface area (Å²) in [5, 5.41) is 0. The zero-order valence-electron chi connectivity index (χ0n) is 10.9. The molecule has 0 atom stereocenters. The predicted octanol–water partition coefficient (Wildman–Crippen LogP) is 2.51. The number of hydrogen-bond acceptors (Lipinski definition) is 2. The molecule has 100 valence electrons. The fourth-order valence-electron chi connectivity index (χ4n) is 1.98. The van der Waals surface area contributed by atoms with Crippen molar-refractivity contribution < 1.29 is 9.18 Å². The fourth-order valence-corrected chi connectivity index (χ4v) is 1.98. The molecule has 0 bridgehead atoms. The van der Waals surface area contributed by atoms with E-state index in [1.165, 1.54) is 11.0 Å². The van der Waals surface area contributed by atoms with Crippen LogP contribution in [-0.4, -0.2) is 17.5 Å². The second-order valence-corrected chi connectivity index (χ2v) is 4.26. The van der Waals surface area contributed by atoms with Crippen molar-refractivity contribution >= 4 is 17.3 Å². The van der Waals surface area contributed by atoms with Crippen LogP contribution in [0.2, 0.25) is 0 Å². The summed E-state index contributed by atoms with van der Waals surface area (Å²) in [6.07, 6.45) is 1.70. The molecule has 0 fully saturated rings. The second-order valence-electron chi connectivity index (χ2n) is 4.26. The maximum atomic E-state index is 13.7. The highest BCUT2D eigenvalue weighted by atomic mass is 19.1. The Balaban J connectivity index is 2.36. The van der Waals surface area contributed by atoms with Crippen LogP contribution in [0.15, 0.2) is 36.5 Å². The van der Waals surface area contributed by atoms with Crippen molar-refractivity contribution in [1.82, 2.24) is 4.57 Å². The average molecular weight is 261 g/mol. The van der Waals surface area contributed by atoms with Crippen LogP contribution >= 0.6 is 0 Å².